The Kier molecular flexibility index (Phi) is 5.19. The standard InChI is InChI=1S/C14H20ClN3O/c1-18-8-6-11(7-9-18)16-10-14(19)17-13-5-3-2-4-12(13)15/h2-5,11,16H,6-10H2,1H3,(H,17,19). The molecular formula is C14H20ClN3O. The summed E-state index contributed by atoms with van der Waals surface area (Å²) in [6.45, 7) is 2.51. The Bertz CT molecular complexity index is 430. The number of rotatable bonds is 4. The maximum Gasteiger partial charge on any atom is 0.238 e. The van der Waals surface area contributed by atoms with Gasteiger partial charge in [0.2, 0.25) is 5.91 Å². The molecule has 5 heteroatoms. The van der Waals surface area contributed by atoms with Crippen LogP contribution >= 0.6 is 11.6 Å². The van der Waals surface area contributed by atoms with Crippen LogP contribution in [-0.2, 0) is 4.79 Å². The highest BCUT2D eigenvalue weighted by molar-refractivity contribution is 6.33. The molecule has 19 heavy (non-hydrogen) atoms. The fourth-order valence-electron chi connectivity index (χ4n) is 2.21. The van der Waals surface area contributed by atoms with Crippen molar-refractivity contribution in [3.63, 3.8) is 0 Å². The second-order valence-corrected chi connectivity index (χ2v) is 5.39. The molecule has 1 aromatic rings. The Morgan fingerprint density at radius 1 is 1.37 bits per heavy atom. The Morgan fingerprint density at radius 3 is 2.74 bits per heavy atom. The molecule has 1 saturated heterocycles. The maximum atomic E-state index is 11.8. The quantitative estimate of drug-likeness (QED) is 0.887. The van der Waals surface area contributed by atoms with Crippen molar-refractivity contribution < 1.29 is 4.79 Å². The van der Waals surface area contributed by atoms with E-state index in [1.54, 1.807) is 12.1 Å². The molecule has 4 nitrogen and oxygen atoms in total. The molecule has 0 aliphatic carbocycles. The van der Waals surface area contributed by atoms with E-state index in [2.05, 4.69) is 22.6 Å². The zero-order chi connectivity index (χ0) is 13.7. The Morgan fingerprint density at radius 2 is 2.05 bits per heavy atom. The summed E-state index contributed by atoms with van der Waals surface area (Å²) in [6, 6.07) is 7.70. The summed E-state index contributed by atoms with van der Waals surface area (Å²) in [5, 5.41) is 6.68. The molecule has 1 amide bonds. The van der Waals surface area contributed by atoms with E-state index < -0.39 is 0 Å². The highest BCUT2D eigenvalue weighted by Gasteiger charge is 2.16. The van der Waals surface area contributed by atoms with Gasteiger partial charge in [0.1, 0.15) is 0 Å². The van der Waals surface area contributed by atoms with Crippen molar-refractivity contribution in [2.45, 2.75) is 18.9 Å². The lowest BCUT2D eigenvalue weighted by Crippen LogP contribution is -2.43. The van der Waals surface area contributed by atoms with Gasteiger partial charge in [-0.15, -0.1) is 0 Å². The topological polar surface area (TPSA) is 44.4 Å². The van der Waals surface area contributed by atoms with Gasteiger partial charge in [-0.05, 0) is 45.1 Å². The predicted molar refractivity (Wildman–Crippen MR) is 78.6 cm³/mol. The number of nitrogens with zero attached hydrogens (tertiary/aromatic N) is 1. The number of carbonyl (C=O) groups excluding carboxylic acids is 1. The number of hydrogen-bond acceptors (Lipinski definition) is 3. The number of benzene rings is 1. The largest absolute Gasteiger partial charge is 0.324 e. The molecule has 1 aliphatic heterocycles. The van der Waals surface area contributed by atoms with Gasteiger partial charge in [-0.2, -0.15) is 0 Å². The van der Waals surface area contributed by atoms with Gasteiger partial charge in [0.15, 0.2) is 0 Å². The van der Waals surface area contributed by atoms with Crippen LogP contribution in [0.3, 0.4) is 0 Å². The average Bonchev–Trinajstić information content (AvgIpc) is 2.41. The molecule has 1 heterocycles. The number of halogens is 1. The number of piperidine rings is 1. The summed E-state index contributed by atoms with van der Waals surface area (Å²) in [5.74, 6) is -0.0490. The van der Waals surface area contributed by atoms with E-state index in [9.17, 15) is 4.79 Å². The van der Waals surface area contributed by atoms with E-state index in [1.807, 2.05) is 12.1 Å². The van der Waals surface area contributed by atoms with Gasteiger partial charge in [-0.3, -0.25) is 4.79 Å². The van der Waals surface area contributed by atoms with Crippen LogP contribution < -0.4 is 10.6 Å². The normalized spacial score (nSPS) is 17.4. The van der Waals surface area contributed by atoms with Crippen LogP contribution in [-0.4, -0.2) is 43.5 Å². The number of anilines is 1. The zero-order valence-corrected chi connectivity index (χ0v) is 11.9. The van der Waals surface area contributed by atoms with Crippen LogP contribution in [0.1, 0.15) is 12.8 Å². The highest BCUT2D eigenvalue weighted by atomic mass is 35.5. The third kappa shape index (κ3) is 4.49. The van der Waals surface area contributed by atoms with Crippen LogP contribution in [0.25, 0.3) is 0 Å². The van der Waals surface area contributed by atoms with Crippen molar-refractivity contribution in [2.24, 2.45) is 0 Å². The van der Waals surface area contributed by atoms with Crippen LogP contribution in [0.2, 0.25) is 5.02 Å². The lowest BCUT2D eigenvalue weighted by molar-refractivity contribution is -0.115. The van der Waals surface area contributed by atoms with E-state index >= 15 is 0 Å². The third-order valence-corrected chi connectivity index (χ3v) is 3.75. The van der Waals surface area contributed by atoms with E-state index in [0.29, 0.717) is 23.3 Å². The predicted octanol–water partition coefficient (Wildman–Crippen LogP) is 1.96. The molecule has 0 radical (unpaired) electrons. The van der Waals surface area contributed by atoms with E-state index in [0.717, 1.165) is 25.9 Å². The lowest BCUT2D eigenvalue weighted by atomic mass is 10.1. The molecule has 0 spiro atoms. The maximum absolute atomic E-state index is 11.8. The molecule has 0 bridgehead atoms. The fourth-order valence-corrected chi connectivity index (χ4v) is 2.39. The van der Waals surface area contributed by atoms with E-state index in [-0.39, 0.29) is 5.91 Å². The minimum Gasteiger partial charge on any atom is -0.324 e. The van der Waals surface area contributed by atoms with Crippen molar-refractivity contribution in [1.82, 2.24) is 10.2 Å². The highest BCUT2D eigenvalue weighted by Crippen LogP contribution is 2.20. The summed E-state index contributed by atoms with van der Waals surface area (Å²) in [5.41, 5.74) is 0.666. The van der Waals surface area contributed by atoms with E-state index in [1.165, 1.54) is 0 Å². The number of para-hydroxylation sites is 1. The Labute approximate surface area is 119 Å². The molecule has 1 aliphatic rings. The van der Waals surface area contributed by atoms with Crippen LogP contribution in [0.5, 0.6) is 0 Å². The van der Waals surface area contributed by atoms with Crippen LogP contribution in [0.15, 0.2) is 24.3 Å². The minimum atomic E-state index is -0.0490. The van der Waals surface area contributed by atoms with Gasteiger partial charge in [0.25, 0.3) is 0 Å². The summed E-state index contributed by atoms with van der Waals surface area (Å²) in [6.07, 6.45) is 2.19. The number of carbonyl (C=O) groups is 1. The zero-order valence-electron chi connectivity index (χ0n) is 11.2. The van der Waals surface area contributed by atoms with Crippen molar-refractivity contribution >= 4 is 23.2 Å². The Hall–Kier alpha value is -1.10. The number of nitrogens with one attached hydrogen (secondary N) is 2. The van der Waals surface area contributed by atoms with Crippen molar-refractivity contribution in [1.29, 1.82) is 0 Å². The van der Waals surface area contributed by atoms with Gasteiger partial charge in [-0.1, -0.05) is 23.7 Å². The fraction of sp³-hybridized carbons (Fsp3) is 0.500. The number of hydrogen-bond donors (Lipinski definition) is 2. The summed E-state index contributed by atoms with van der Waals surface area (Å²) >= 11 is 5.99. The van der Waals surface area contributed by atoms with Gasteiger partial charge < -0.3 is 15.5 Å². The molecule has 2 rings (SSSR count). The first kappa shape index (κ1) is 14.3. The van der Waals surface area contributed by atoms with Crippen molar-refractivity contribution in [2.75, 3.05) is 32.0 Å². The van der Waals surface area contributed by atoms with Gasteiger partial charge in [0.05, 0.1) is 17.3 Å². The summed E-state index contributed by atoms with van der Waals surface area (Å²) in [7, 11) is 2.13. The Balaban J connectivity index is 1.74. The van der Waals surface area contributed by atoms with Crippen molar-refractivity contribution in [3.8, 4) is 0 Å². The number of likely N-dealkylation sites (tertiary alicyclic amines) is 1. The molecule has 0 saturated carbocycles. The SMILES string of the molecule is CN1CCC(NCC(=O)Nc2ccccc2Cl)CC1. The smallest absolute Gasteiger partial charge is 0.238 e. The van der Waals surface area contributed by atoms with Crippen LogP contribution in [0.4, 0.5) is 5.69 Å². The first-order valence-electron chi connectivity index (χ1n) is 6.61. The van der Waals surface area contributed by atoms with Gasteiger partial charge in [-0.25, -0.2) is 0 Å². The first-order chi connectivity index (χ1) is 9.15. The van der Waals surface area contributed by atoms with Gasteiger partial charge in [0, 0.05) is 6.04 Å². The van der Waals surface area contributed by atoms with Crippen molar-refractivity contribution in [3.05, 3.63) is 29.3 Å². The molecule has 2 N–H and O–H groups in total. The van der Waals surface area contributed by atoms with Gasteiger partial charge >= 0.3 is 0 Å². The number of amides is 1. The summed E-state index contributed by atoms with van der Waals surface area (Å²) < 4.78 is 0. The minimum absolute atomic E-state index is 0.0490. The van der Waals surface area contributed by atoms with E-state index in [4.69, 9.17) is 11.6 Å². The summed E-state index contributed by atoms with van der Waals surface area (Å²) in [4.78, 5) is 14.1. The first-order valence-corrected chi connectivity index (χ1v) is 6.99. The lowest BCUT2D eigenvalue weighted by Gasteiger charge is -2.29. The molecular weight excluding hydrogens is 262 g/mol. The average molecular weight is 282 g/mol. The molecule has 1 aromatic carbocycles. The second-order valence-electron chi connectivity index (χ2n) is 4.99. The van der Waals surface area contributed by atoms with Crippen LogP contribution in [0, 0.1) is 0 Å². The monoisotopic (exact) mass is 281 g/mol. The molecule has 0 atom stereocenters. The molecule has 1 fully saturated rings. The molecule has 104 valence electrons. The molecule has 0 aromatic heterocycles. The third-order valence-electron chi connectivity index (χ3n) is 3.42. The second kappa shape index (κ2) is 6.89. The molecule has 0 unspecified atom stereocenters.